The molecule has 1 saturated heterocycles. The van der Waals surface area contributed by atoms with E-state index in [1.165, 1.54) is 12.8 Å². The third kappa shape index (κ3) is 6.03. The van der Waals surface area contributed by atoms with E-state index < -0.39 is 6.10 Å². The zero-order chi connectivity index (χ0) is 28.9. The highest BCUT2D eigenvalue weighted by atomic mass is 16.3. The SMILES string of the molecule is CCCCc1nc2ccc(C(O)CC3CCCCN3)cc2c(=O)n1Cc1ccc(-c2ccccc2-c2nnn[nH]2)cc1. The van der Waals surface area contributed by atoms with Gasteiger partial charge in [0, 0.05) is 18.0 Å². The number of benzene rings is 3. The molecule has 3 aromatic carbocycles. The van der Waals surface area contributed by atoms with Crippen LogP contribution in [0, 0.1) is 0 Å². The van der Waals surface area contributed by atoms with Gasteiger partial charge in [-0.1, -0.05) is 74.4 Å². The first kappa shape index (κ1) is 27.9. The molecule has 9 nitrogen and oxygen atoms in total. The van der Waals surface area contributed by atoms with Crippen LogP contribution in [0.5, 0.6) is 0 Å². The number of hydrogen-bond donors (Lipinski definition) is 3. The number of tetrazole rings is 1. The maximum atomic E-state index is 14.0. The van der Waals surface area contributed by atoms with E-state index >= 15 is 0 Å². The van der Waals surface area contributed by atoms with E-state index in [1.807, 2.05) is 42.5 Å². The van der Waals surface area contributed by atoms with Crippen molar-refractivity contribution in [2.24, 2.45) is 0 Å². The molecule has 3 heterocycles. The van der Waals surface area contributed by atoms with Gasteiger partial charge in [-0.3, -0.25) is 9.36 Å². The van der Waals surface area contributed by atoms with Gasteiger partial charge >= 0.3 is 0 Å². The summed E-state index contributed by atoms with van der Waals surface area (Å²) in [6, 6.07) is 22.2. The summed E-state index contributed by atoms with van der Waals surface area (Å²) in [5.41, 5.74) is 5.37. The standard InChI is InChI=1S/C33H37N7O2/c1-2-3-11-31-35-29-17-16-24(30(41)20-25-8-6-7-18-34-25)19-28(29)33(42)40(31)21-22-12-14-23(15-13-22)26-9-4-5-10-27(26)32-36-38-39-37-32/h4-5,9-10,12-17,19,25,30,34,41H,2-3,6-8,11,18,20-21H2,1H3,(H,36,37,38,39). The minimum atomic E-state index is -0.624. The van der Waals surface area contributed by atoms with Crippen molar-refractivity contribution in [3.63, 3.8) is 0 Å². The molecule has 0 spiro atoms. The Hall–Kier alpha value is -4.21. The quantitative estimate of drug-likeness (QED) is 0.214. The molecule has 216 valence electrons. The van der Waals surface area contributed by atoms with Gasteiger partial charge in [-0.15, -0.1) is 5.10 Å². The number of piperidine rings is 1. The summed E-state index contributed by atoms with van der Waals surface area (Å²) in [5, 5.41) is 29.4. The van der Waals surface area contributed by atoms with Gasteiger partial charge in [-0.25, -0.2) is 10.1 Å². The van der Waals surface area contributed by atoms with Gasteiger partial charge in [0.2, 0.25) is 0 Å². The average molecular weight is 564 g/mol. The molecule has 6 rings (SSSR count). The average Bonchev–Trinajstić information content (AvgIpc) is 3.57. The fourth-order valence-electron chi connectivity index (χ4n) is 5.90. The first-order valence-corrected chi connectivity index (χ1v) is 15.0. The topological polar surface area (TPSA) is 122 Å². The second-order valence-corrected chi connectivity index (χ2v) is 11.2. The van der Waals surface area contributed by atoms with E-state index in [1.54, 1.807) is 4.57 Å². The molecular formula is C33H37N7O2. The van der Waals surface area contributed by atoms with Gasteiger partial charge in [0.05, 0.1) is 23.6 Å². The second kappa shape index (κ2) is 12.8. The van der Waals surface area contributed by atoms with Crippen LogP contribution in [0.1, 0.15) is 68.5 Å². The molecule has 0 saturated carbocycles. The van der Waals surface area contributed by atoms with Crippen LogP contribution in [-0.4, -0.2) is 47.9 Å². The summed E-state index contributed by atoms with van der Waals surface area (Å²) in [5.74, 6) is 1.41. The third-order valence-electron chi connectivity index (χ3n) is 8.25. The summed E-state index contributed by atoms with van der Waals surface area (Å²) in [6.07, 6.45) is 6.16. The van der Waals surface area contributed by atoms with Crippen LogP contribution in [0.3, 0.4) is 0 Å². The Balaban J connectivity index is 1.30. The van der Waals surface area contributed by atoms with E-state index in [4.69, 9.17) is 4.98 Å². The summed E-state index contributed by atoms with van der Waals surface area (Å²) in [7, 11) is 0. The second-order valence-electron chi connectivity index (χ2n) is 11.2. The summed E-state index contributed by atoms with van der Waals surface area (Å²) in [6.45, 7) is 3.56. The molecule has 1 fully saturated rings. The molecule has 0 aliphatic carbocycles. The lowest BCUT2D eigenvalue weighted by atomic mass is 9.95. The number of nitrogens with one attached hydrogen (secondary N) is 2. The minimum absolute atomic E-state index is 0.0665. The van der Waals surface area contributed by atoms with Crippen molar-refractivity contribution in [3.05, 3.63) is 94.0 Å². The van der Waals surface area contributed by atoms with Gasteiger partial charge in [0.1, 0.15) is 5.82 Å². The molecule has 3 N–H and O–H groups in total. The number of aryl methyl sites for hydroxylation is 1. The number of hydrogen-bond acceptors (Lipinski definition) is 7. The largest absolute Gasteiger partial charge is 0.388 e. The van der Waals surface area contributed by atoms with Crippen LogP contribution in [0.2, 0.25) is 0 Å². The van der Waals surface area contributed by atoms with Crippen molar-refractivity contribution in [1.82, 2.24) is 35.5 Å². The maximum absolute atomic E-state index is 14.0. The highest BCUT2D eigenvalue weighted by Gasteiger charge is 2.20. The summed E-state index contributed by atoms with van der Waals surface area (Å²) < 4.78 is 1.81. The highest BCUT2D eigenvalue weighted by molar-refractivity contribution is 5.80. The van der Waals surface area contributed by atoms with E-state index in [0.29, 0.717) is 35.7 Å². The van der Waals surface area contributed by atoms with Crippen LogP contribution in [0.25, 0.3) is 33.4 Å². The first-order valence-electron chi connectivity index (χ1n) is 15.0. The number of fused-ring (bicyclic) bond motifs is 1. The molecule has 9 heteroatoms. The van der Waals surface area contributed by atoms with Crippen LogP contribution >= 0.6 is 0 Å². The van der Waals surface area contributed by atoms with Crippen molar-refractivity contribution >= 4 is 10.9 Å². The number of H-pyrrole nitrogens is 1. The van der Waals surface area contributed by atoms with Crippen LogP contribution < -0.4 is 10.9 Å². The van der Waals surface area contributed by atoms with Gasteiger partial charge in [-0.2, -0.15) is 0 Å². The zero-order valence-corrected chi connectivity index (χ0v) is 24.0. The molecule has 0 radical (unpaired) electrons. The minimum Gasteiger partial charge on any atom is -0.388 e. The van der Waals surface area contributed by atoms with Crippen molar-refractivity contribution in [3.8, 4) is 22.5 Å². The summed E-state index contributed by atoms with van der Waals surface area (Å²) in [4.78, 5) is 18.9. The molecule has 2 atom stereocenters. The van der Waals surface area contributed by atoms with Crippen LogP contribution in [0.15, 0.2) is 71.5 Å². The Morgan fingerprint density at radius 2 is 1.88 bits per heavy atom. The number of aromatic amines is 1. The fourth-order valence-corrected chi connectivity index (χ4v) is 5.90. The highest BCUT2D eigenvalue weighted by Crippen LogP contribution is 2.30. The lowest BCUT2D eigenvalue weighted by molar-refractivity contribution is 0.145. The molecule has 5 aromatic rings. The molecule has 0 bridgehead atoms. The Morgan fingerprint density at radius 3 is 2.62 bits per heavy atom. The van der Waals surface area contributed by atoms with Gasteiger partial charge in [0.15, 0.2) is 5.82 Å². The molecule has 2 unspecified atom stereocenters. The predicted molar refractivity (Wildman–Crippen MR) is 164 cm³/mol. The van der Waals surface area contributed by atoms with Crippen molar-refractivity contribution in [1.29, 1.82) is 0 Å². The normalized spacial score (nSPS) is 16.1. The predicted octanol–water partition coefficient (Wildman–Crippen LogP) is 5.20. The van der Waals surface area contributed by atoms with E-state index in [9.17, 15) is 9.90 Å². The van der Waals surface area contributed by atoms with E-state index in [-0.39, 0.29) is 5.56 Å². The first-order chi connectivity index (χ1) is 20.6. The maximum Gasteiger partial charge on any atom is 0.261 e. The van der Waals surface area contributed by atoms with Gasteiger partial charge in [0.25, 0.3) is 5.56 Å². The number of unbranched alkanes of at least 4 members (excludes halogenated alkanes) is 1. The van der Waals surface area contributed by atoms with Crippen molar-refractivity contribution in [2.45, 2.75) is 70.6 Å². The number of aliphatic hydroxyl groups is 1. The molecular weight excluding hydrogens is 526 g/mol. The molecule has 42 heavy (non-hydrogen) atoms. The Morgan fingerprint density at radius 1 is 1.05 bits per heavy atom. The van der Waals surface area contributed by atoms with E-state index in [0.717, 1.165) is 65.9 Å². The Kier molecular flexibility index (Phi) is 8.48. The molecule has 2 aromatic heterocycles. The zero-order valence-electron chi connectivity index (χ0n) is 24.0. The smallest absolute Gasteiger partial charge is 0.261 e. The fraction of sp³-hybridized carbons (Fsp3) is 0.364. The van der Waals surface area contributed by atoms with Crippen LogP contribution in [-0.2, 0) is 13.0 Å². The Bertz CT molecular complexity index is 1690. The van der Waals surface area contributed by atoms with Gasteiger partial charge in [-0.05, 0) is 77.0 Å². The number of aromatic nitrogens is 6. The summed E-state index contributed by atoms with van der Waals surface area (Å²) >= 11 is 0. The molecule has 1 aliphatic rings. The molecule has 1 aliphatic heterocycles. The van der Waals surface area contributed by atoms with Crippen molar-refractivity contribution < 1.29 is 5.11 Å². The molecule has 0 amide bonds. The number of aliphatic hydroxyl groups excluding tert-OH is 1. The van der Waals surface area contributed by atoms with Crippen LogP contribution in [0.4, 0.5) is 0 Å². The lowest BCUT2D eigenvalue weighted by Crippen LogP contribution is -2.35. The monoisotopic (exact) mass is 563 g/mol. The Labute approximate surface area is 245 Å². The van der Waals surface area contributed by atoms with Gasteiger partial charge < -0.3 is 10.4 Å². The number of nitrogens with zero attached hydrogens (tertiary/aromatic N) is 5. The lowest BCUT2D eigenvalue weighted by Gasteiger charge is -2.25. The van der Waals surface area contributed by atoms with Crippen molar-refractivity contribution in [2.75, 3.05) is 6.54 Å². The number of rotatable bonds is 10. The third-order valence-corrected chi connectivity index (χ3v) is 8.25. The van der Waals surface area contributed by atoms with E-state index in [2.05, 4.69) is 57.1 Å².